The first-order chi connectivity index (χ1) is 7.59. The topological polar surface area (TPSA) is 83.6 Å². The lowest BCUT2D eigenvalue weighted by Crippen LogP contribution is -1.94. The van der Waals surface area contributed by atoms with Crippen LogP contribution in [0.4, 0.5) is 0 Å². The first-order valence-corrected chi connectivity index (χ1v) is 4.58. The van der Waals surface area contributed by atoms with Crippen LogP contribution in [0.5, 0.6) is 5.75 Å². The van der Waals surface area contributed by atoms with Gasteiger partial charge in [-0.15, -0.1) is 0 Å². The first kappa shape index (κ1) is 10.2. The molecule has 1 heterocycles. The van der Waals surface area contributed by atoms with Crippen LogP contribution in [0.2, 0.25) is 0 Å². The number of aromatic hydroxyl groups is 1. The van der Waals surface area contributed by atoms with Gasteiger partial charge in [-0.2, -0.15) is 0 Å². The summed E-state index contributed by atoms with van der Waals surface area (Å²) in [5, 5.41) is 21.6. The molecule has 0 bridgehead atoms. The standard InChI is InChI=1S/C11H9NO4/c1-6-7(3-2-4-9(6)13)10-5-8(11(14)15)12-16-10/h2-5,13H,1H3,(H,14,15). The summed E-state index contributed by atoms with van der Waals surface area (Å²) in [5.74, 6) is -0.690. The summed E-state index contributed by atoms with van der Waals surface area (Å²) in [6.07, 6.45) is 0. The second-order valence-electron chi connectivity index (χ2n) is 3.33. The summed E-state index contributed by atoms with van der Waals surface area (Å²) in [7, 11) is 0. The molecule has 0 aliphatic carbocycles. The Kier molecular flexibility index (Phi) is 2.36. The van der Waals surface area contributed by atoms with Crippen molar-refractivity contribution in [1.82, 2.24) is 5.16 Å². The van der Waals surface area contributed by atoms with Gasteiger partial charge in [-0.25, -0.2) is 4.79 Å². The molecule has 82 valence electrons. The van der Waals surface area contributed by atoms with Crippen molar-refractivity contribution in [3.05, 3.63) is 35.5 Å². The number of aromatic carboxylic acids is 1. The van der Waals surface area contributed by atoms with Gasteiger partial charge in [0.05, 0.1) is 0 Å². The zero-order chi connectivity index (χ0) is 11.7. The highest BCUT2D eigenvalue weighted by Crippen LogP contribution is 2.29. The van der Waals surface area contributed by atoms with E-state index in [2.05, 4.69) is 5.16 Å². The predicted octanol–water partition coefficient (Wildman–Crippen LogP) is 2.05. The van der Waals surface area contributed by atoms with Crippen molar-refractivity contribution in [3.8, 4) is 17.1 Å². The normalized spacial score (nSPS) is 10.3. The van der Waals surface area contributed by atoms with E-state index in [1.165, 1.54) is 6.07 Å². The number of phenolic OH excluding ortho intramolecular Hbond substituents is 1. The van der Waals surface area contributed by atoms with E-state index in [-0.39, 0.29) is 11.4 Å². The van der Waals surface area contributed by atoms with Gasteiger partial charge in [0.1, 0.15) is 5.75 Å². The third-order valence-electron chi connectivity index (χ3n) is 2.30. The fourth-order valence-corrected chi connectivity index (χ4v) is 1.39. The van der Waals surface area contributed by atoms with Crippen molar-refractivity contribution in [2.45, 2.75) is 6.92 Å². The Hall–Kier alpha value is -2.30. The third-order valence-corrected chi connectivity index (χ3v) is 2.30. The van der Waals surface area contributed by atoms with Crippen LogP contribution < -0.4 is 0 Å². The van der Waals surface area contributed by atoms with Gasteiger partial charge in [-0.3, -0.25) is 0 Å². The van der Waals surface area contributed by atoms with E-state index < -0.39 is 5.97 Å². The maximum Gasteiger partial charge on any atom is 0.358 e. The summed E-state index contributed by atoms with van der Waals surface area (Å²) < 4.78 is 4.91. The average molecular weight is 219 g/mol. The molecule has 0 unspecified atom stereocenters. The largest absolute Gasteiger partial charge is 0.508 e. The van der Waals surface area contributed by atoms with Crippen LogP contribution in [0.1, 0.15) is 16.1 Å². The van der Waals surface area contributed by atoms with Crippen molar-refractivity contribution in [3.63, 3.8) is 0 Å². The van der Waals surface area contributed by atoms with E-state index in [1.807, 2.05) is 0 Å². The molecule has 0 amide bonds. The minimum Gasteiger partial charge on any atom is -0.508 e. The fourth-order valence-electron chi connectivity index (χ4n) is 1.39. The van der Waals surface area contributed by atoms with Crippen LogP contribution in [-0.4, -0.2) is 21.3 Å². The van der Waals surface area contributed by atoms with Crippen molar-refractivity contribution in [2.75, 3.05) is 0 Å². The van der Waals surface area contributed by atoms with E-state index in [1.54, 1.807) is 25.1 Å². The first-order valence-electron chi connectivity index (χ1n) is 4.58. The molecule has 0 atom stereocenters. The Labute approximate surface area is 90.9 Å². The summed E-state index contributed by atoms with van der Waals surface area (Å²) in [4.78, 5) is 10.6. The average Bonchev–Trinajstić information content (AvgIpc) is 2.71. The second-order valence-corrected chi connectivity index (χ2v) is 3.33. The number of hydrogen-bond acceptors (Lipinski definition) is 4. The quantitative estimate of drug-likeness (QED) is 0.807. The lowest BCUT2D eigenvalue weighted by molar-refractivity contribution is 0.0686. The predicted molar refractivity (Wildman–Crippen MR) is 55.3 cm³/mol. The molecule has 1 aromatic carbocycles. The number of nitrogens with zero attached hydrogens (tertiary/aromatic N) is 1. The van der Waals surface area contributed by atoms with Crippen molar-refractivity contribution >= 4 is 5.97 Å². The van der Waals surface area contributed by atoms with Crippen molar-refractivity contribution < 1.29 is 19.5 Å². The van der Waals surface area contributed by atoms with E-state index in [0.29, 0.717) is 16.9 Å². The van der Waals surface area contributed by atoms with Crippen LogP contribution >= 0.6 is 0 Å². The Bertz CT molecular complexity index is 545. The van der Waals surface area contributed by atoms with E-state index in [9.17, 15) is 9.90 Å². The summed E-state index contributed by atoms with van der Waals surface area (Å²) in [6, 6.07) is 6.25. The van der Waals surface area contributed by atoms with Gasteiger partial charge in [-0.05, 0) is 13.0 Å². The van der Waals surface area contributed by atoms with Gasteiger partial charge in [0, 0.05) is 17.2 Å². The molecule has 0 aliphatic heterocycles. The minimum absolute atomic E-state index is 0.130. The highest BCUT2D eigenvalue weighted by atomic mass is 16.5. The van der Waals surface area contributed by atoms with Gasteiger partial charge >= 0.3 is 5.97 Å². The number of carboxylic acid groups (broad SMARTS) is 1. The van der Waals surface area contributed by atoms with Crippen LogP contribution in [-0.2, 0) is 0 Å². The van der Waals surface area contributed by atoms with Crippen LogP contribution in [0.15, 0.2) is 28.8 Å². The molecule has 0 aliphatic rings. The molecule has 5 nitrogen and oxygen atoms in total. The van der Waals surface area contributed by atoms with Gasteiger partial charge in [0.2, 0.25) is 0 Å². The van der Waals surface area contributed by atoms with Crippen molar-refractivity contribution in [1.29, 1.82) is 0 Å². The Morgan fingerprint density at radius 1 is 1.44 bits per heavy atom. The molecule has 0 saturated heterocycles. The number of rotatable bonds is 2. The number of carboxylic acids is 1. The molecule has 0 radical (unpaired) electrons. The van der Waals surface area contributed by atoms with Crippen LogP contribution in [0.3, 0.4) is 0 Å². The van der Waals surface area contributed by atoms with Crippen LogP contribution in [0, 0.1) is 6.92 Å². The molecular formula is C11H9NO4. The SMILES string of the molecule is Cc1c(O)cccc1-c1cc(C(=O)O)no1. The van der Waals surface area contributed by atoms with Gasteiger partial charge in [-0.1, -0.05) is 17.3 Å². The third kappa shape index (κ3) is 1.63. The number of aromatic nitrogens is 1. The Morgan fingerprint density at radius 2 is 2.19 bits per heavy atom. The van der Waals surface area contributed by atoms with Gasteiger partial charge < -0.3 is 14.7 Å². The summed E-state index contributed by atoms with van der Waals surface area (Å²) in [5.41, 5.74) is 1.09. The maximum absolute atomic E-state index is 10.6. The van der Waals surface area contributed by atoms with Gasteiger partial charge in [0.15, 0.2) is 11.5 Å². The molecule has 0 saturated carbocycles. The summed E-state index contributed by atoms with van der Waals surface area (Å²) in [6.45, 7) is 1.72. The fraction of sp³-hybridized carbons (Fsp3) is 0.0909. The number of carbonyl (C=O) groups is 1. The van der Waals surface area contributed by atoms with Gasteiger partial charge in [0.25, 0.3) is 0 Å². The molecule has 16 heavy (non-hydrogen) atoms. The molecule has 2 N–H and O–H groups in total. The molecule has 1 aromatic heterocycles. The summed E-state index contributed by atoms with van der Waals surface area (Å²) >= 11 is 0. The lowest BCUT2D eigenvalue weighted by atomic mass is 10.1. The van der Waals surface area contributed by atoms with Crippen molar-refractivity contribution in [2.24, 2.45) is 0 Å². The minimum atomic E-state index is -1.15. The molecule has 2 rings (SSSR count). The Morgan fingerprint density at radius 3 is 2.81 bits per heavy atom. The Balaban J connectivity index is 2.50. The smallest absolute Gasteiger partial charge is 0.358 e. The van der Waals surface area contributed by atoms with Crippen LogP contribution in [0.25, 0.3) is 11.3 Å². The van der Waals surface area contributed by atoms with E-state index >= 15 is 0 Å². The number of phenols is 1. The highest BCUT2D eigenvalue weighted by Gasteiger charge is 2.14. The molecule has 5 heteroatoms. The zero-order valence-electron chi connectivity index (χ0n) is 8.47. The second kappa shape index (κ2) is 3.69. The van der Waals surface area contributed by atoms with E-state index in [0.717, 1.165) is 0 Å². The van der Waals surface area contributed by atoms with E-state index in [4.69, 9.17) is 9.63 Å². The molecule has 0 spiro atoms. The highest BCUT2D eigenvalue weighted by molar-refractivity contribution is 5.86. The zero-order valence-corrected chi connectivity index (χ0v) is 8.47. The molecule has 2 aromatic rings. The lowest BCUT2D eigenvalue weighted by Gasteiger charge is -2.02. The maximum atomic E-state index is 10.6. The molecular weight excluding hydrogens is 210 g/mol. The number of hydrogen-bond donors (Lipinski definition) is 2. The molecule has 0 fully saturated rings. The number of benzene rings is 1. The monoisotopic (exact) mass is 219 g/mol.